The first-order chi connectivity index (χ1) is 8.74. The number of nitrogens with two attached hydrogens (primary N) is 1. The zero-order valence-electron chi connectivity index (χ0n) is 10.9. The molecule has 0 saturated heterocycles. The third-order valence-corrected chi connectivity index (χ3v) is 3.32. The number of hydrogen-bond donors (Lipinski definition) is 1. The van der Waals surface area contributed by atoms with Crippen molar-refractivity contribution in [3.8, 4) is 11.3 Å². The first kappa shape index (κ1) is 12.7. The van der Waals surface area contributed by atoms with Crippen LogP contribution in [0.2, 0.25) is 0 Å². The van der Waals surface area contributed by atoms with E-state index in [9.17, 15) is 0 Å². The van der Waals surface area contributed by atoms with Crippen LogP contribution >= 0.6 is 0 Å². The van der Waals surface area contributed by atoms with E-state index < -0.39 is 0 Å². The molecular weight excluding hydrogens is 222 g/mol. The van der Waals surface area contributed by atoms with Gasteiger partial charge in [0.05, 0.1) is 11.4 Å². The van der Waals surface area contributed by atoms with E-state index in [4.69, 9.17) is 5.73 Å². The van der Waals surface area contributed by atoms with Crippen molar-refractivity contribution in [2.24, 2.45) is 5.73 Å². The van der Waals surface area contributed by atoms with Gasteiger partial charge >= 0.3 is 0 Å². The summed E-state index contributed by atoms with van der Waals surface area (Å²) >= 11 is 0. The summed E-state index contributed by atoms with van der Waals surface area (Å²) in [6, 6.07) is 12.4. The minimum Gasteiger partial charge on any atom is -0.325 e. The predicted octanol–water partition coefficient (Wildman–Crippen LogP) is 3.12. The molecule has 3 nitrogen and oxygen atoms in total. The number of rotatable bonds is 4. The third kappa shape index (κ3) is 2.74. The molecule has 3 heteroatoms. The predicted molar refractivity (Wildman–Crippen MR) is 74.1 cm³/mol. The molecule has 1 aromatic heterocycles. The third-order valence-electron chi connectivity index (χ3n) is 3.32. The molecule has 18 heavy (non-hydrogen) atoms. The van der Waals surface area contributed by atoms with Crippen LogP contribution in [0.4, 0.5) is 0 Å². The van der Waals surface area contributed by atoms with Gasteiger partial charge in [-0.1, -0.05) is 38.1 Å². The molecule has 0 bridgehead atoms. The highest BCUT2D eigenvalue weighted by Crippen LogP contribution is 2.22. The SMILES string of the molecule is CCC(C)c1ccc(-c2ccc(CN)nn2)cc1. The van der Waals surface area contributed by atoms with Crippen molar-refractivity contribution in [2.45, 2.75) is 32.7 Å². The molecule has 0 amide bonds. The van der Waals surface area contributed by atoms with Crippen LogP contribution in [0.3, 0.4) is 0 Å². The molecule has 0 aliphatic heterocycles. The van der Waals surface area contributed by atoms with Gasteiger partial charge in [0.25, 0.3) is 0 Å². The Morgan fingerprint density at radius 3 is 2.28 bits per heavy atom. The van der Waals surface area contributed by atoms with Crippen molar-refractivity contribution < 1.29 is 0 Å². The Balaban J connectivity index is 2.22. The van der Waals surface area contributed by atoms with E-state index in [0.717, 1.165) is 23.4 Å². The summed E-state index contributed by atoms with van der Waals surface area (Å²) < 4.78 is 0. The van der Waals surface area contributed by atoms with E-state index in [-0.39, 0.29) is 0 Å². The van der Waals surface area contributed by atoms with Gasteiger partial charge in [-0.2, -0.15) is 10.2 Å². The van der Waals surface area contributed by atoms with Crippen LogP contribution in [0, 0.1) is 0 Å². The van der Waals surface area contributed by atoms with Crippen molar-refractivity contribution in [2.75, 3.05) is 0 Å². The van der Waals surface area contributed by atoms with E-state index in [0.29, 0.717) is 12.5 Å². The van der Waals surface area contributed by atoms with Crippen molar-refractivity contribution in [1.29, 1.82) is 0 Å². The van der Waals surface area contributed by atoms with Gasteiger partial charge in [0.15, 0.2) is 0 Å². The second-order valence-electron chi connectivity index (χ2n) is 4.55. The molecule has 0 aliphatic rings. The second-order valence-corrected chi connectivity index (χ2v) is 4.55. The first-order valence-electron chi connectivity index (χ1n) is 6.37. The topological polar surface area (TPSA) is 51.8 Å². The number of hydrogen-bond acceptors (Lipinski definition) is 3. The maximum atomic E-state index is 5.50. The maximum Gasteiger partial charge on any atom is 0.0929 e. The van der Waals surface area contributed by atoms with Gasteiger partial charge in [-0.3, -0.25) is 0 Å². The fourth-order valence-corrected chi connectivity index (χ4v) is 1.84. The average molecular weight is 241 g/mol. The molecule has 0 fully saturated rings. The summed E-state index contributed by atoms with van der Waals surface area (Å²) in [6.07, 6.45) is 1.16. The van der Waals surface area contributed by atoms with E-state index in [1.54, 1.807) is 0 Å². The molecule has 0 radical (unpaired) electrons. The molecule has 0 saturated carbocycles. The fourth-order valence-electron chi connectivity index (χ4n) is 1.84. The zero-order chi connectivity index (χ0) is 13.0. The van der Waals surface area contributed by atoms with Gasteiger partial charge in [0.2, 0.25) is 0 Å². The Kier molecular flexibility index (Phi) is 4.05. The van der Waals surface area contributed by atoms with Crippen LogP contribution in [-0.4, -0.2) is 10.2 Å². The molecule has 2 rings (SSSR count). The molecule has 1 atom stereocenters. The highest BCUT2D eigenvalue weighted by atomic mass is 15.1. The van der Waals surface area contributed by atoms with Crippen LogP contribution < -0.4 is 5.73 Å². The van der Waals surface area contributed by atoms with E-state index >= 15 is 0 Å². The van der Waals surface area contributed by atoms with Crippen molar-refractivity contribution in [1.82, 2.24) is 10.2 Å². The Morgan fingerprint density at radius 1 is 1.06 bits per heavy atom. The van der Waals surface area contributed by atoms with Gasteiger partial charge in [0.1, 0.15) is 0 Å². The highest BCUT2D eigenvalue weighted by molar-refractivity contribution is 5.58. The number of nitrogens with zero attached hydrogens (tertiary/aromatic N) is 2. The molecule has 1 aromatic carbocycles. The summed E-state index contributed by atoms with van der Waals surface area (Å²) in [4.78, 5) is 0. The lowest BCUT2D eigenvalue weighted by Crippen LogP contribution is -2.01. The minimum atomic E-state index is 0.431. The Hall–Kier alpha value is -1.74. The lowest BCUT2D eigenvalue weighted by atomic mass is 9.97. The molecule has 0 aliphatic carbocycles. The quantitative estimate of drug-likeness (QED) is 0.894. The Bertz CT molecular complexity index is 488. The summed E-state index contributed by atoms with van der Waals surface area (Å²) in [5.41, 5.74) is 9.67. The normalized spacial score (nSPS) is 12.4. The summed E-state index contributed by atoms with van der Waals surface area (Å²) in [5.74, 6) is 0.602. The first-order valence-corrected chi connectivity index (χ1v) is 6.37. The molecule has 2 N–H and O–H groups in total. The Labute approximate surface area is 108 Å². The molecule has 1 unspecified atom stereocenters. The monoisotopic (exact) mass is 241 g/mol. The van der Waals surface area contributed by atoms with Crippen LogP contribution in [0.5, 0.6) is 0 Å². The standard InChI is InChI=1S/C15H19N3/c1-3-11(2)12-4-6-13(7-5-12)15-9-8-14(10-16)17-18-15/h4-9,11H,3,10,16H2,1-2H3. The lowest BCUT2D eigenvalue weighted by Gasteiger charge is -2.09. The van der Waals surface area contributed by atoms with Gasteiger partial charge in [0, 0.05) is 12.1 Å². The van der Waals surface area contributed by atoms with Crippen LogP contribution in [0.15, 0.2) is 36.4 Å². The van der Waals surface area contributed by atoms with Crippen LogP contribution in [0.25, 0.3) is 11.3 Å². The molecule has 2 aromatic rings. The zero-order valence-corrected chi connectivity index (χ0v) is 10.9. The van der Waals surface area contributed by atoms with E-state index in [1.165, 1.54) is 5.56 Å². The average Bonchev–Trinajstić information content (AvgIpc) is 2.47. The fraction of sp³-hybridized carbons (Fsp3) is 0.333. The molecule has 1 heterocycles. The largest absolute Gasteiger partial charge is 0.325 e. The summed E-state index contributed by atoms with van der Waals surface area (Å²) in [6.45, 7) is 4.88. The van der Waals surface area contributed by atoms with Crippen molar-refractivity contribution >= 4 is 0 Å². The number of aromatic nitrogens is 2. The number of benzene rings is 1. The molecule has 0 spiro atoms. The summed E-state index contributed by atoms with van der Waals surface area (Å²) in [7, 11) is 0. The van der Waals surface area contributed by atoms with Crippen molar-refractivity contribution in [3.05, 3.63) is 47.7 Å². The lowest BCUT2D eigenvalue weighted by molar-refractivity contribution is 0.734. The minimum absolute atomic E-state index is 0.431. The molecular formula is C15H19N3. The van der Waals surface area contributed by atoms with Gasteiger partial charge < -0.3 is 5.73 Å². The second kappa shape index (κ2) is 5.74. The van der Waals surface area contributed by atoms with Gasteiger partial charge in [-0.05, 0) is 30.0 Å². The summed E-state index contributed by atoms with van der Waals surface area (Å²) in [5, 5.41) is 8.26. The van der Waals surface area contributed by atoms with Crippen LogP contribution in [-0.2, 0) is 6.54 Å². The van der Waals surface area contributed by atoms with Gasteiger partial charge in [-0.25, -0.2) is 0 Å². The Morgan fingerprint density at radius 2 is 1.78 bits per heavy atom. The maximum absolute atomic E-state index is 5.50. The van der Waals surface area contributed by atoms with Crippen molar-refractivity contribution in [3.63, 3.8) is 0 Å². The van der Waals surface area contributed by atoms with E-state index in [1.807, 2.05) is 12.1 Å². The smallest absolute Gasteiger partial charge is 0.0929 e. The highest BCUT2D eigenvalue weighted by Gasteiger charge is 2.04. The van der Waals surface area contributed by atoms with E-state index in [2.05, 4.69) is 48.3 Å². The molecule has 94 valence electrons. The van der Waals surface area contributed by atoms with Crippen LogP contribution in [0.1, 0.15) is 37.4 Å². The van der Waals surface area contributed by atoms with Gasteiger partial charge in [-0.15, -0.1) is 0 Å².